The molecule has 3 aromatic rings. The van der Waals surface area contributed by atoms with Crippen LogP contribution < -0.4 is 0 Å². The van der Waals surface area contributed by atoms with Crippen molar-refractivity contribution in [2.75, 3.05) is 13.7 Å². The molecule has 5 nitrogen and oxygen atoms in total. The molecule has 0 N–H and O–H groups in total. The van der Waals surface area contributed by atoms with Crippen molar-refractivity contribution in [1.29, 1.82) is 0 Å². The zero-order valence-corrected chi connectivity index (χ0v) is 14.8. The van der Waals surface area contributed by atoms with Gasteiger partial charge in [-0.2, -0.15) is 11.3 Å². The van der Waals surface area contributed by atoms with Crippen molar-refractivity contribution in [3.8, 4) is 11.3 Å². The lowest BCUT2D eigenvalue weighted by molar-refractivity contribution is -0.133. The number of carbonyl (C=O) groups is 2. The van der Waals surface area contributed by atoms with Gasteiger partial charge in [0.05, 0.1) is 5.56 Å². The maximum Gasteiger partial charge on any atom is 0.374 e. The molecule has 7 heteroatoms. The molecule has 0 saturated heterocycles. The minimum absolute atomic E-state index is 0.0865. The fourth-order valence-electron chi connectivity index (χ4n) is 2.31. The van der Waals surface area contributed by atoms with E-state index in [-0.39, 0.29) is 23.0 Å². The summed E-state index contributed by atoms with van der Waals surface area (Å²) in [6.45, 7) is 0.0489. The number of carbonyl (C=O) groups excluding carboxylic acids is 2. The van der Waals surface area contributed by atoms with Crippen LogP contribution in [0.3, 0.4) is 0 Å². The van der Waals surface area contributed by atoms with Gasteiger partial charge in [0, 0.05) is 13.6 Å². The predicted molar refractivity (Wildman–Crippen MR) is 95.2 cm³/mol. The number of ether oxygens (including phenoxy) is 1. The number of amides is 1. The van der Waals surface area contributed by atoms with Crippen molar-refractivity contribution in [3.63, 3.8) is 0 Å². The van der Waals surface area contributed by atoms with Gasteiger partial charge in [0.2, 0.25) is 5.76 Å². The Hall–Kier alpha value is -2.93. The number of halogens is 1. The van der Waals surface area contributed by atoms with Crippen LogP contribution in [-0.4, -0.2) is 30.4 Å². The lowest BCUT2D eigenvalue weighted by Crippen LogP contribution is -2.30. The van der Waals surface area contributed by atoms with Gasteiger partial charge in [-0.1, -0.05) is 12.1 Å². The lowest BCUT2D eigenvalue weighted by Gasteiger charge is -2.16. The van der Waals surface area contributed by atoms with Crippen molar-refractivity contribution >= 4 is 23.2 Å². The zero-order chi connectivity index (χ0) is 18.5. The van der Waals surface area contributed by atoms with E-state index in [1.54, 1.807) is 36.6 Å². The summed E-state index contributed by atoms with van der Waals surface area (Å²) in [5.41, 5.74) is 1.26. The van der Waals surface area contributed by atoms with E-state index in [9.17, 15) is 14.0 Å². The topological polar surface area (TPSA) is 59.8 Å². The van der Waals surface area contributed by atoms with Crippen LogP contribution in [0, 0.1) is 5.82 Å². The number of hydrogen-bond donors (Lipinski definition) is 0. The molecule has 0 atom stereocenters. The highest BCUT2D eigenvalue weighted by Gasteiger charge is 2.18. The van der Waals surface area contributed by atoms with Crippen LogP contribution in [-0.2, 0) is 16.1 Å². The van der Waals surface area contributed by atoms with Crippen LogP contribution in [0.1, 0.15) is 16.1 Å². The van der Waals surface area contributed by atoms with Crippen molar-refractivity contribution in [1.82, 2.24) is 4.90 Å². The van der Waals surface area contributed by atoms with Gasteiger partial charge in [-0.3, -0.25) is 4.79 Å². The van der Waals surface area contributed by atoms with Crippen LogP contribution in [0.4, 0.5) is 4.39 Å². The molecular weight excluding hydrogens is 357 g/mol. The first-order valence-corrected chi connectivity index (χ1v) is 8.76. The number of likely N-dealkylation sites (N-methyl/N-ethyl adjacent to an activating group) is 1. The third-order valence-corrected chi connectivity index (χ3v) is 4.43. The van der Waals surface area contributed by atoms with E-state index in [1.165, 1.54) is 23.1 Å². The van der Waals surface area contributed by atoms with Crippen LogP contribution >= 0.6 is 11.3 Å². The van der Waals surface area contributed by atoms with Crippen molar-refractivity contribution in [2.45, 2.75) is 6.54 Å². The van der Waals surface area contributed by atoms with Gasteiger partial charge in [0.1, 0.15) is 11.6 Å². The summed E-state index contributed by atoms with van der Waals surface area (Å²) in [5.74, 6) is -1.42. The fourth-order valence-corrected chi connectivity index (χ4v) is 2.97. The molecular formula is C19H16FNO4S. The van der Waals surface area contributed by atoms with Gasteiger partial charge in [-0.25, -0.2) is 9.18 Å². The highest BCUT2D eigenvalue weighted by atomic mass is 32.1. The van der Waals surface area contributed by atoms with E-state index in [4.69, 9.17) is 9.15 Å². The molecule has 1 aromatic carbocycles. The Morgan fingerprint density at radius 1 is 1.19 bits per heavy atom. The average molecular weight is 373 g/mol. The summed E-state index contributed by atoms with van der Waals surface area (Å²) in [4.78, 5) is 25.6. The van der Waals surface area contributed by atoms with E-state index in [0.29, 0.717) is 6.54 Å². The van der Waals surface area contributed by atoms with Crippen molar-refractivity contribution < 1.29 is 23.1 Å². The average Bonchev–Trinajstić information content (AvgIpc) is 3.31. The fraction of sp³-hybridized carbons (Fsp3) is 0.158. The van der Waals surface area contributed by atoms with E-state index < -0.39 is 18.4 Å². The molecule has 0 unspecified atom stereocenters. The second-order valence-electron chi connectivity index (χ2n) is 5.60. The predicted octanol–water partition coefficient (Wildman–Crippen LogP) is 3.96. The van der Waals surface area contributed by atoms with Gasteiger partial charge in [0.25, 0.3) is 5.91 Å². The first-order valence-electron chi connectivity index (χ1n) is 7.81. The van der Waals surface area contributed by atoms with E-state index in [2.05, 4.69) is 0 Å². The number of furan rings is 1. The van der Waals surface area contributed by atoms with E-state index in [0.717, 1.165) is 5.56 Å². The van der Waals surface area contributed by atoms with Crippen LogP contribution in [0.5, 0.6) is 0 Å². The number of thiophene rings is 1. The largest absolute Gasteiger partial charge is 0.450 e. The minimum Gasteiger partial charge on any atom is -0.450 e. The summed E-state index contributed by atoms with van der Waals surface area (Å²) < 4.78 is 24.1. The number of esters is 1. The second-order valence-corrected chi connectivity index (χ2v) is 6.38. The molecule has 0 radical (unpaired) electrons. The molecule has 0 fully saturated rings. The Labute approximate surface area is 153 Å². The molecule has 134 valence electrons. The van der Waals surface area contributed by atoms with Crippen LogP contribution in [0.2, 0.25) is 0 Å². The first-order chi connectivity index (χ1) is 12.5. The van der Waals surface area contributed by atoms with E-state index >= 15 is 0 Å². The highest BCUT2D eigenvalue weighted by molar-refractivity contribution is 7.07. The molecule has 0 saturated carbocycles. The number of benzene rings is 1. The molecule has 0 spiro atoms. The molecule has 0 aliphatic rings. The standard InChI is InChI=1S/C19H16FNO4S/c1-21(10-13-8-9-26-12-13)18(22)11-24-19(23)17-7-6-16(25-17)14-4-2-3-5-15(14)20/h2-9,12H,10-11H2,1H3. The molecule has 0 aliphatic heterocycles. The van der Waals surface area contributed by atoms with Gasteiger partial charge in [-0.15, -0.1) is 0 Å². The summed E-state index contributed by atoms with van der Waals surface area (Å²) in [6.07, 6.45) is 0. The SMILES string of the molecule is CN(Cc1ccsc1)C(=O)COC(=O)c1ccc(-c2ccccc2F)o1. The number of rotatable bonds is 6. The molecule has 0 bridgehead atoms. The monoisotopic (exact) mass is 373 g/mol. The minimum atomic E-state index is -0.773. The quantitative estimate of drug-likeness (QED) is 0.614. The van der Waals surface area contributed by atoms with Crippen LogP contribution in [0.15, 0.2) is 57.6 Å². The Morgan fingerprint density at radius 2 is 2.00 bits per heavy atom. The Bertz CT molecular complexity index is 904. The molecule has 0 aliphatic carbocycles. The molecule has 26 heavy (non-hydrogen) atoms. The summed E-state index contributed by atoms with van der Waals surface area (Å²) in [7, 11) is 1.64. The second kappa shape index (κ2) is 7.97. The maximum absolute atomic E-state index is 13.8. The van der Waals surface area contributed by atoms with Crippen molar-refractivity contribution in [3.05, 3.63) is 70.4 Å². The van der Waals surface area contributed by atoms with E-state index in [1.807, 2.05) is 16.8 Å². The maximum atomic E-state index is 13.8. The molecule has 2 aromatic heterocycles. The van der Waals surface area contributed by atoms with Gasteiger partial charge in [0.15, 0.2) is 6.61 Å². The summed E-state index contributed by atoms with van der Waals surface area (Å²) in [6, 6.07) is 10.9. The Balaban J connectivity index is 1.57. The third-order valence-electron chi connectivity index (χ3n) is 3.70. The Morgan fingerprint density at radius 3 is 2.73 bits per heavy atom. The third kappa shape index (κ3) is 4.18. The summed E-state index contributed by atoms with van der Waals surface area (Å²) >= 11 is 1.55. The smallest absolute Gasteiger partial charge is 0.374 e. The molecule has 2 heterocycles. The van der Waals surface area contributed by atoms with Crippen molar-refractivity contribution in [2.24, 2.45) is 0 Å². The van der Waals surface area contributed by atoms with Gasteiger partial charge in [-0.05, 0) is 46.7 Å². The lowest BCUT2D eigenvalue weighted by atomic mass is 10.1. The van der Waals surface area contributed by atoms with Gasteiger partial charge < -0.3 is 14.1 Å². The van der Waals surface area contributed by atoms with Gasteiger partial charge >= 0.3 is 5.97 Å². The highest BCUT2D eigenvalue weighted by Crippen LogP contribution is 2.25. The first kappa shape index (κ1) is 17.9. The molecule has 3 rings (SSSR count). The van der Waals surface area contributed by atoms with Crippen LogP contribution in [0.25, 0.3) is 11.3 Å². The molecule has 1 amide bonds. The normalized spacial score (nSPS) is 10.5. The summed E-state index contributed by atoms with van der Waals surface area (Å²) in [5, 5.41) is 3.88. The number of nitrogens with zero attached hydrogens (tertiary/aromatic N) is 1. The zero-order valence-electron chi connectivity index (χ0n) is 14.0. The number of hydrogen-bond acceptors (Lipinski definition) is 5. The Kier molecular flexibility index (Phi) is 5.48.